The third kappa shape index (κ3) is 9.88. The van der Waals surface area contributed by atoms with E-state index in [1.807, 2.05) is 6.92 Å². The van der Waals surface area contributed by atoms with Crippen molar-refractivity contribution in [2.24, 2.45) is 5.92 Å². The van der Waals surface area contributed by atoms with Gasteiger partial charge in [-0.05, 0) is 12.8 Å². The van der Waals surface area contributed by atoms with Crippen molar-refractivity contribution in [3.63, 3.8) is 0 Å². The van der Waals surface area contributed by atoms with Gasteiger partial charge >= 0.3 is 0 Å². The molecule has 0 bridgehead atoms. The number of ether oxygens (including phenoxy) is 1. The molecule has 0 fully saturated rings. The zero-order valence-corrected chi connectivity index (χ0v) is 7.72. The topological polar surface area (TPSA) is 30.5 Å². The summed E-state index contributed by atoms with van der Waals surface area (Å²) in [5.41, 5.74) is 2.83. The van der Waals surface area contributed by atoms with Gasteiger partial charge in [0.15, 0.2) is 0 Å². The van der Waals surface area contributed by atoms with Crippen LogP contribution in [0.25, 0.3) is 0 Å². The molecule has 0 rings (SSSR count). The summed E-state index contributed by atoms with van der Waals surface area (Å²) in [6.07, 6.45) is 0. The Kier molecular flexibility index (Phi) is 7.89. The number of rotatable bonds is 7. The predicted molar refractivity (Wildman–Crippen MR) is 45.3 cm³/mol. The molecule has 0 amide bonds. The van der Waals surface area contributed by atoms with Crippen molar-refractivity contribution in [2.75, 3.05) is 26.4 Å². The van der Waals surface area contributed by atoms with Crippen LogP contribution in [0.2, 0.25) is 0 Å². The molecule has 0 aliphatic heterocycles. The average molecular weight is 161 g/mol. The average Bonchev–Trinajstić information content (AvgIpc) is 1.96. The zero-order chi connectivity index (χ0) is 8.53. The van der Waals surface area contributed by atoms with Gasteiger partial charge in [0.2, 0.25) is 0 Å². The van der Waals surface area contributed by atoms with E-state index in [9.17, 15) is 0 Å². The first-order valence-electron chi connectivity index (χ1n) is 4.19. The first kappa shape index (κ1) is 10.9. The fourth-order valence-electron chi connectivity index (χ4n) is 0.556. The molecule has 0 radical (unpaired) electrons. The van der Waals surface area contributed by atoms with E-state index in [-0.39, 0.29) is 0 Å². The second kappa shape index (κ2) is 7.98. The highest BCUT2D eigenvalue weighted by Gasteiger charge is 1.92. The van der Waals surface area contributed by atoms with E-state index in [1.54, 1.807) is 0 Å². The molecular formula is C8H19NO2. The predicted octanol–water partition coefficient (Wildman–Crippen LogP) is 1.20. The minimum Gasteiger partial charge on any atom is -0.380 e. The molecule has 0 atom stereocenters. The maximum atomic E-state index is 5.11. The first-order chi connectivity index (χ1) is 5.27. The molecule has 0 aliphatic rings. The van der Waals surface area contributed by atoms with Crippen LogP contribution in [0.3, 0.4) is 0 Å². The second-order valence-electron chi connectivity index (χ2n) is 2.80. The van der Waals surface area contributed by atoms with E-state index >= 15 is 0 Å². The minimum atomic E-state index is 0.578. The maximum Gasteiger partial charge on any atom is 0.0705 e. The minimum absolute atomic E-state index is 0.578. The van der Waals surface area contributed by atoms with Gasteiger partial charge in [-0.15, -0.1) is 0 Å². The van der Waals surface area contributed by atoms with Gasteiger partial charge in [-0.3, -0.25) is 0 Å². The van der Waals surface area contributed by atoms with E-state index in [0.717, 1.165) is 19.8 Å². The first-order valence-corrected chi connectivity index (χ1v) is 4.19. The van der Waals surface area contributed by atoms with Gasteiger partial charge in [0.05, 0.1) is 13.2 Å². The fraction of sp³-hybridized carbons (Fsp3) is 1.00. The Bertz CT molecular complexity index is 76.5. The number of hydroxylamine groups is 1. The lowest BCUT2D eigenvalue weighted by Crippen LogP contribution is -2.22. The molecule has 0 aromatic carbocycles. The van der Waals surface area contributed by atoms with Crippen LogP contribution >= 0.6 is 0 Å². The Morgan fingerprint density at radius 3 is 2.64 bits per heavy atom. The van der Waals surface area contributed by atoms with Crippen molar-refractivity contribution >= 4 is 0 Å². The molecule has 0 saturated carbocycles. The molecule has 68 valence electrons. The third-order valence-corrected chi connectivity index (χ3v) is 1.07. The van der Waals surface area contributed by atoms with Crippen LogP contribution in [0.4, 0.5) is 0 Å². The highest BCUT2D eigenvalue weighted by atomic mass is 16.6. The van der Waals surface area contributed by atoms with Crippen LogP contribution in [0, 0.1) is 5.92 Å². The van der Waals surface area contributed by atoms with Crippen molar-refractivity contribution in [1.29, 1.82) is 0 Å². The number of hydrogen-bond donors (Lipinski definition) is 1. The van der Waals surface area contributed by atoms with Crippen molar-refractivity contribution in [2.45, 2.75) is 20.8 Å². The lowest BCUT2D eigenvalue weighted by atomic mass is 10.2. The van der Waals surface area contributed by atoms with Crippen LogP contribution in [0.1, 0.15) is 20.8 Å². The molecule has 0 heterocycles. The van der Waals surface area contributed by atoms with Crippen molar-refractivity contribution in [3.8, 4) is 0 Å². The summed E-state index contributed by atoms with van der Waals surface area (Å²) in [6, 6.07) is 0. The highest BCUT2D eigenvalue weighted by Crippen LogP contribution is 1.88. The molecule has 11 heavy (non-hydrogen) atoms. The van der Waals surface area contributed by atoms with E-state index in [2.05, 4.69) is 19.3 Å². The third-order valence-electron chi connectivity index (χ3n) is 1.07. The smallest absolute Gasteiger partial charge is 0.0705 e. The molecular weight excluding hydrogens is 142 g/mol. The Hall–Kier alpha value is -0.120. The Balaban J connectivity index is 2.80. The highest BCUT2D eigenvalue weighted by molar-refractivity contribution is 4.37. The van der Waals surface area contributed by atoms with Crippen molar-refractivity contribution in [1.82, 2.24) is 5.48 Å². The lowest BCUT2D eigenvalue weighted by molar-refractivity contribution is 0.00815. The van der Waals surface area contributed by atoms with Gasteiger partial charge in [0, 0.05) is 13.2 Å². The molecule has 0 aromatic heterocycles. The van der Waals surface area contributed by atoms with Gasteiger partial charge in [-0.2, -0.15) is 0 Å². The Morgan fingerprint density at radius 2 is 2.09 bits per heavy atom. The van der Waals surface area contributed by atoms with Gasteiger partial charge in [-0.25, -0.2) is 5.48 Å². The Labute approximate surface area is 69.0 Å². The quantitative estimate of drug-likeness (QED) is 0.449. The van der Waals surface area contributed by atoms with Crippen molar-refractivity contribution < 1.29 is 9.57 Å². The summed E-state index contributed by atoms with van der Waals surface area (Å²) < 4.78 is 5.10. The second-order valence-corrected chi connectivity index (χ2v) is 2.80. The molecule has 3 heteroatoms. The van der Waals surface area contributed by atoms with Crippen LogP contribution in [0.5, 0.6) is 0 Å². The van der Waals surface area contributed by atoms with Gasteiger partial charge in [0.1, 0.15) is 0 Å². The SMILES string of the molecule is CCOCCNOCC(C)C. The van der Waals surface area contributed by atoms with Gasteiger partial charge in [-0.1, -0.05) is 13.8 Å². The van der Waals surface area contributed by atoms with Crippen LogP contribution in [-0.4, -0.2) is 26.4 Å². The van der Waals surface area contributed by atoms with Gasteiger partial charge in [0.25, 0.3) is 0 Å². The maximum absolute atomic E-state index is 5.11. The summed E-state index contributed by atoms with van der Waals surface area (Å²) >= 11 is 0. The van der Waals surface area contributed by atoms with Gasteiger partial charge < -0.3 is 9.57 Å². The molecule has 0 unspecified atom stereocenters. The molecule has 0 aliphatic carbocycles. The monoisotopic (exact) mass is 161 g/mol. The van der Waals surface area contributed by atoms with E-state index < -0.39 is 0 Å². The standard InChI is InChI=1S/C8H19NO2/c1-4-10-6-5-9-11-7-8(2)3/h8-9H,4-7H2,1-3H3. The summed E-state index contributed by atoms with van der Waals surface area (Å²) in [5.74, 6) is 0.578. The Morgan fingerprint density at radius 1 is 1.36 bits per heavy atom. The van der Waals surface area contributed by atoms with E-state index in [4.69, 9.17) is 9.57 Å². The molecule has 3 nitrogen and oxygen atoms in total. The van der Waals surface area contributed by atoms with E-state index in [1.165, 1.54) is 0 Å². The number of hydrogen-bond acceptors (Lipinski definition) is 3. The van der Waals surface area contributed by atoms with Crippen LogP contribution < -0.4 is 5.48 Å². The summed E-state index contributed by atoms with van der Waals surface area (Å²) in [4.78, 5) is 5.11. The van der Waals surface area contributed by atoms with Crippen LogP contribution in [-0.2, 0) is 9.57 Å². The zero-order valence-electron chi connectivity index (χ0n) is 7.72. The summed E-state index contributed by atoms with van der Waals surface area (Å²) in [6.45, 7) is 9.22. The molecule has 1 N–H and O–H groups in total. The number of nitrogens with one attached hydrogen (secondary N) is 1. The molecule has 0 aromatic rings. The summed E-state index contributed by atoms with van der Waals surface area (Å²) in [5, 5.41) is 0. The fourth-order valence-corrected chi connectivity index (χ4v) is 0.556. The van der Waals surface area contributed by atoms with E-state index in [0.29, 0.717) is 12.5 Å². The largest absolute Gasteiger partial charge is 0.380 e. The van der Waals surface area contributed by atoms with Crippen LogP contribution in [0.15, 0.2) is 0 Å². The normalized spacial score (nSPS) is 10.9. The molecule has 0 spiro atoms. The lowest BCUT2D eigenvalue weighted by Gasteiger charge is -2.07. The summed E-state index contributed by atoms with van der Waals surface area (Å²) in [7, 11) is 0. The molecule has 0 saturated heterocycles. The van der Waals surface area contributed by atoms with Crippen molar-refractivity contribution in [3.05, 3.63) is 0 Å².